The zero-order valence-corrected chi connectivity index (χ0v) is 18.1. The number of rotatable bonds is 7. The van der Waals surface area contributed by atoms with E-state index in [1.807, 2.05) is 0 Å². The van der Waals surface area contributed by atoms with Crippen molar-refractivity contribution in [1.29, 1.82) is 0 Å². The molecule has 1 heterocycles. The van der Waals surface area contributed by atoms with Crippen molar-refractivity contribution in [2.45, 2.75) is 58.4 Å². The Morgan fingerprint density at radius 2 is 1.79 bits per heavy atom. The van der Waals surface area contributed by atoms with Gasteiger partial charge in [0, 0.05) is 6.54 Å². The number of urea groups is 1. The lowest BCUT2D eigenvalue weighted by atomic mass is 9.65. The van der Waals surface area contributed by atoms with Gasteiger partial charge in [0.05, 0.1) is 0 Å². The number of nitrogens with zero attached hydrogens (tertiary/aromatic N) is 1. The molecule has 2 fully saturated rings. The van der Waals surface area contributed by atoms with Crippen LogP contribution in [0.4, 0.5) is 4.79 Å². The number of imide groups is 1. The van der Waals surface area contributed by atoms with Gasteiger partial charge in [-0.1, -0.05) is 45.4 Å². The van der Waals surface area contributed by atoms with Gasteiger partial charge in [0.1, 0.15) is 17.0 Å². The fraction of sp³-hybridized carbons (Fsp3) is 0.619. The minimum Gasteiger partial charge on any atom is -0.382 e. The van der Waals surface area contributed by atoms with Crippen LogP contribution in [0.5, 0.6) is 5.75 Å². The first-order chi connectivity index (χ1) is 13.6. The van der Waals surface area contributed by atoms with Crippen LogP contribution in [0, 0.1) is 11.3 Å². The maximum Gasteiger partial charge on any atom is 0.325 e. The van der Waals surface area contributed by atoms with Crippen LogP contribution in [0.25, 0.3) is 0 Å². The number of hydrogen-bond donors (Lipinski definition) is 1. The first-order valence-corrected chi connectivity index (χ1v) is 11.8. The molecule has 160 valence electrons. The van der Waals surface area contributed by atoms with E-state index in [9.17, 15) is 18.0 Å². The van der Waals surface area contributed by atoms with E-state index in [-0.39, 0.29) is 23.6 Å². The third kappa shape index (κ3) is 4.57. The summed E-state index contributed by atoms with van der Waals surface area (Å²) in [6, 6.07) is 7.65. The predicted octanol–water partition coefficient (Wildman–Crippen LogP) is 3.31. The lowest BCUT2D eigenvalue weighted by molar-refractivity contribution is -0.133. The lowest BCUT2D eigenvalue weighted by Gasteiger charge is -2.42. The molecule has 1 aliphatic carbocycles. The highest BCUT2D eigenvalue weighted by molar-refractivity contribution is 7.87. The van der Waals surface area contributed by atoms with Gasteiger partial charge in [-0.25, -0.2) is 4.79 Å². The molecule has 1 aromatic carbocycles. The number of carbonyl (C=O) groups is 2. The van der Waals surface area contributed by atoms with E-state index in [2.05, 4.69) is 26.1 Å². The molecule has 1 aromatic rings. The molecule has 1 saturated carbocycles. The van der Waals surface area contributed by atoms with Gasteiger partial charge in [0.25, 0.3) is 5.91 Å². The number of carbonyl (C=O) groups excluding carboxylic acids is 2. The summed E-state index contributed by atoms with van der Waals surface area (Å²) in [6.07, 6.45) is 3.99. The molecule has 8 heteroatoms. The Bertz CT molecular complexity index is 858. The molecule has 0 radical (unpaired) electrons. The van der Waals surface area contributed by atoms with Crippen LogP contribution in [0.2, 0.25) is 0 Å². The van der Waals surface area contributed by atoms with Gasteiger partial charge in [0.15, 0.2) is 0 Å². The molecular formula is C21H30N2O5S. The zero-order chi connectivity index (χ0) is 21.3. The van der Waals surface area contributed by atoms with E-state index in [1.54, 1.807) is 18.2 Å². The molecule has 1 aliphatic heterocycles. The number of amides is 3. The van der Waals surface area contributed by atoms with E-state index in [0.29, 0.717) is 18.8 Å². The monoisotopic (exact) mass is 422 g/mol. The maximum absolute atomic E-state index is 13.0. The molecule has 0 aromatic heterocycles. The second-order valence-electron chi connectivity index (χ2n) is 8.74. The largest absolute Gasteiger partial charge is 0.382 e. The standard InChI is InChI=1S/C21H30N2O5S/c1-4-20(2,3)16-10-12-21(13-11-16)18(24)23(19(25)22-21)14-15-29(26,27)28-17-8-6-5-7-9-17/h5-9,16H,4,10-15H2,1-3H3,(H,22,25). The van der Waals surface area contributed by atoms with Crippen molar-refractivity contribution in [2.24, 2.45) is 11.3 Å². The van der Waals surface area contributed by atoms with E-state index in [0.717, 1.165) is 24.2 Å². The highest BCUT2D eigenvalue weighted by Crippen LogP contribution is 2.45. The summed E-state index contributed by atoms with van der Waals surface area (Å²) in [5.74, 6) is -0.0393. The van der Waals surface area contributed by atoms with Crippen LogP contribution >= 0.6 is 0 Å². The first kappa shape index (κ1) is 21.6. The average molecular weight is 423 g/mol. The number of nitrogens with one attached hydrogen (secondary N) is 1. The third-order valence-corrected chi connectivity index (χ3v) is 7.76. The van der Waals surface area contributed by atoms with Crippen molar-refractivity contribution in [1.82, 2.24) is 10.2 Å². The van der Waals surface area contributed by atoms with Crippen molar-refractivity contribution in [2.75, 3.05) is 12.3 Å². The molecular weight excluding hydrogens is 392 g/mol. The predicted molar refractivity (Wildman–Crippen MR) is 110 cm³/mol. The Morgan fingerprint density at radius 1 is 1.17 bits per heavy atom. The minimum absolute atomic E-state index is 0.204. The third-order valence-electron chi connectivity index (χ3n) is 6.63. The van der Waals surface area contributed by atoms with E-state index in [4.69, 9.17) is 4.18 Å². The quantitative estimate of drug-likeness (QED) is 0.537. The summed E-state index contributed by atoms with van der Waals surface area (Å²) in [6.45, 7) is 6.45. The van der Waals surface area contributed by atoms with E-state index in [1.165, 1.54) is 12.1 Å². The van der Waals surface area contributed by atoms with Crippen LogP contribution in [0.1, 0.15) is 52.9 Å². The molecule has 0 unspecified atom stereocenters. The molecule has 3 amide bonds. The fourth-order valence-corrected chi connectivity index (χ4v) is 5.16. The SMILES string of the molecule is CCC(C)(C)C1CCC2(CC1)NC(=O)N(CCS(=O)(=O)Oc1ccccc1)C2=O. The van der Waals surface area contributed by atoms with Crippen molar-refractivity contribution >= 4 is 22.1 Å². The summed E-state index contributed by atoms with van der Waals surface area (Å²) < 4.78 is 29.5. The van der Waals surface area contributed by atoms with Gasteiger partial charge < -0.3 is 9.50 Å². The van der Waals surface area contributed by atoms with Crippen molar-refractivity contribution in [3.63, 3.8) is 0 Å². The summed E-state index contributed by atoms with van der Waals surface area (Å²) in [4.78, 5) is 26.5. The molecule has 1 spiro atoms. The Labute approximate surface area is 172 Å². The first-order valence-electron chi connectivity index (χ1n) is 10.2. The summed E-state index contributed by atoms with van der Waals surface area (Å²) in [5.41, 5.74) is -0.683. The van der Waals surface area contributed by atoms with Crippen LogP contribution < -0.4 is 9.50 Å². The van der Waals surface area contributed by atoms with Gasteiger partial charge in [-0.3, -0.25) is 9.69 Å². The van der Waals surface area contributed by atoms with Gasteiger partial charge in [0.2, 0.25) is 0 Å². The summed E-state index contributed by atoms with van der Waals surface area (Å²) in [5, 5.41) is 2.85. The zero-order valence-electron chi connectivity index (χ0n) is 17.3. The van der Waals surface area contributed by atoms with E-state index >= 15 is 0 Å². The number of benzene rings is 1. The van der Waals surface area contributed by atoms with Crippen LogP contribution in [-0.2, 0) is 14.9 Å². The maximum atomic E-state index is 13.0. The summed E-state index contributed by atoms with van der Waals surface area (Å²) in [7, 11) is -3.92. The molecule has 7 nitrogen and oxygen atoms in total. The van der Waals surface area contributed by atoms with Crippen LogP contribution in [-0.4, -0.2) is 43.1 Å². The fourth-order valence-electron chi connectivity index (χ4n) is 4.27. The molecule has 0 bridgehead atoms. The van der Waals surface area contributed by atoms with Gasteiger partial charge in [-0.2, -0.15) is 8.42 Å². The van der Waals surface area contributed by atoms with Crippen LogP contribution in [0.3, 0.4) is 0 Å². The van der Waals surface area contributed by atoms with Crippen LogP contribution in [0.15, 0.2) is 30.3 Å². The topological polar surface area (TPSA) is 92.8 Å². The van der Waals surface area contributed by atoms with Crippen molar-refractivity contribution in [3.05, 3.63) is 30.3 Å². The van der Waals surface area contributed by atoms with Gasteiger partial charge in [-0.05, 0) is 49.1 Å². The Kier molecular flexibility index (Phi) is 5.94. The Balaban J connectivity index is 1.61. The smallest absolute Gasteiger partial charge is 0.325 e. The Morgan fingerprint density at radius 3 is 2.38 bits per heavy atom. The van der Waals surface area contributed by atoms with Crippen molar-refractivity contribution in [3.8, 4) is 5.75 Å². The molecule has 1 saturated heterocycles. The molecule has 1 N–H and O–H groups in total. The Hall–Kier alpha value is -2.09. The second-order valence-corrected chi connectivity index (χ2v) is 10.4. The summed E-state index contributed by atoms with van der Waals surface area (Å²) >= 11 is 0. The number of para-hydroxylation sites is 1. The second kappa shape index (κ2) is 7.97. The highest BCUT2D eigenvalue weighted by atomic mass is 32.2. The van der Waals surface area contributed by atoms with Crippen molar-refractivity contribution < 1.29 is 22.2 Å². The molecule has 0 atom stereocenters. The molecule has 29 heavy (non-hydrogen) atoms. The highest BCUT2D eigenvalue weighted by Gasteiger charge is 2.53. The van der Waals surface area contributed by atoms with Gasteiger partial charge >= 0.3 is 16.1 Å². The average Bonchev–Trinajstić information content (AvgIpc) is 2.90. The number of hydrogen-bond acceptors (Lipinski definition) is 5. The van der Waals surface area contributed by atoms with Gasteiger partial charge in [-0.15, -0.1) is 0 Å². The van der Waals surface area contributed by atoms with E-state index < -0.39 is 27.4 Å². The normalized spacial score (nSPS) is 25.3. The minimum atomic E-state index is -3.92. The molecule has 3 rings (SSSR count). The lowest BCUT2D eigenvalue weighted by Crippen LogP contribution is -2.51. The molecule has 2 aliphatic rings.